The first-order valence-corrected chi connectivity index (χ1v) is 7.91. The van der Waals surface area contributed by atoms with Crippen molar-refractivity contribution in [2.45, 2.75) is 17.9 Å². The molecule has 4 rings (SSSR count). The molecule has 106 valence electrons. The average molecular weight is 343 g/mol. The zero-order valence-corrected chi connectivity index (χ0v) is 13.0. The summed E-state index contributed by atoms with van der Waals surface area (Å²) in [5.74, 6) is 0.113. The van der Waals surface area contributed by atoms with Gasteiger partial charge in [0.05, 0.1) is 11.5 Å². The molecule has 2 N–H and O–H groups in total. The van der Waals surface area contributed by atoms with Gasteiger partial charge >= 0.3 is 0 Å². The third kappa shape index (κ3) is 1.79. The van der Waals surface area contributed by atoms with E-state index in [-0.39, 0.29) is 11.9 Å². The molecular formula is C17H15BrN2O. The summed E-state index contributed by atoms with van der Waals surface area (Å²) in [5.41, 5.74) is 2.74. The first-order chi connectivity index (χ1) is 10.2. The van der Waals surface area contributed by atoms with Crippen LogP contribution in [0.15, 0.2) is 53.0 Å². The summed E-state index contributed by atoms with van der Waals surface area (Å²) in [5, 5.41) is 6.57. The van der Waals surface area contributed by atoms with Crippen LogP contribution in [-0.4, -0.2) is 12.5 Å². The Balaban J connectivity index is 1.86. The van der Waals surface area contributed by atoms with Gasteiger partial charge in [-0.3, -0.25) is 4.79 Å². The molecule has 1 saturated heterocycles. The monoisotopic (exact) mass is 342 g/mol. The van der Waals surface area contributed by atoms with Crippen LogP contribution in [0, 0.1) is 0 Å². The number of rotatable bonds is 1. The van der Waals surface area contributed by atoms with Crippen molar-refractivity contribution in [1.29, 1.82) is 0 Å². The van der Waals surface area contributed by atoms with Crippen molar-refractivity contribution in [3.8, 4) is 0 Å². The fraction of sp³-hybridized carbons (Fsp3) is 0.235. The Kier molecular flexibility index (Phi) is 2.91. The molecular weight excluding hydrogens is 328 g/mol. The normalized spacial score (nSPS) is 26.9. The van der Waals surface area contributed by atoms with E-state index in [0.717, 1.165) is 34.3 Å². The highest BCUT2D eigenvalue weighted by molar-refractivity contribution is 9.10. The lowest BCUT2D eigenvalue weighted by atomic mass is 9.73. The van der Waals surface area contributed by atoms with Gasteiger partial charge in [-0.1, -0.05) is 46.3 Å². The molecule has 2 aromatic carbocycles. The first kappa shape index (κ1) is 13.0. The molecule has 4 heteroatoms. The van der Waals surface area contributed by atoms with Gasteiger partial charge in [0.15, 0.2) is 0 Å². The minimum atomic E-state index is -0.482. The molecule has 21 heavy (non-hydrogen) atoms. The van der Waals surface area contributed by atoms with Crippen molar-refractivity contribution in [1.82, 2.24) is 5.32 Å². The zero-order valence-electron chi connectivity index (χ0n) is 11.4. The smallest absolute Gasteiger partial charge is 0.237 e. The molecule has 2 aliphatic rings. The minimum Gasteiger partial charge on any atom is -0.325 e. The fourth-order valence-corrected chi connectivity index (χ4v) is 3.93. The lowest BCUT2D eigenvalue weighted by Gasteiger charge is -2.29. The Hall–Kier alpha value is -1.65. The highest BCUT2D eigenvalue weighted by Gasteiger charge is 2.55. The summed E-state index contributed by atoms with van der Waals surface area (Å²) in [6.07, 6.45) is 0.830. The number of fused-ring (bicyclic) bond motifs is 2. The molecule has 0 unspecified atom stereocenters. The summed E-state index contributed by atoms with van der Waals surface area (Å²) in [6.45, 7) is 0.850. The molecule has 1 amide bonds. The van der Waals surface area contributed by atoms with E-state index in [0.29, 0.717) is 0 Å². The van der Waals surface area contributed by atoms with Gasteiger partial charge in [-0.25, -0.2) is 0 Å². The van der Waals surface area contributed by atoms with Crippen LogP contribution in [0.4, 0.5) is 5.69 Å². The van der Waals surface area contributed by atoms with E-state index in [1.807, 2.05) is 30.3 Å². The molecule has 3 nitrogen and oxygen atoms in total. The van der Waals surface area contributed by atoms with Gasteiger partial charge in [-0.15, -0.1) is 0 Å². The van der Waals surface area contributed by atoms with Crippen LogP contribution in [0.1, 0.15) is 23.6 Å². The van der Waals surface area contributed by atoms with E-state index in [1.165, 1.54) is 0 Å². The molecule has 2 aromatic rings. The minimum absolute atomic E-state index is 0.0225. The van der Waals surface area contributed by atoms with Gasteiger partial charge in [-0.2, -0.15) is 0 Å². The van der Waals surface area contributed by atoms with Gasteiger partial charge in [0, 0.05) is 10.2 Å². The molecule has 0 aromatic heterocycles. The quantitative estimate of drug-likeness (QED) is 0.834. The van der Waals surface area contributed by atoms with Gasteiger partial charge < -0.3 is 10.6 Å². The summed E-state index contributed by atoms with van der Waals surface area (Å²) < 4.78 is 1.05. The Morgan fingerprint density at radius 2 is 1.86 bits per heavy atom. The van der Waals surface area contributed by atoms with Crippen molar-refractivity contribution in [2.24, 2.45) is 0 Å². The molecule has 0 saturated carbocycles. The SMILES string of the molecule is O=C1Nc2ccccc2[C@@]12CCN[C@@H]2c1ccc(Br)cc1. The third-order valence-electron chi connectivity index (χ3n) is 4.63. The van der Waals surface area contributed by atoms with Crippen LogP contribution >= 0.6 is 15.9 Å². The fourth-order valence-electron chi connectivity index (χ4n) is 3.66. The predicted molar refractivity (Wildman–Crippen MR) is 86.3 cm³/mol. The lowest BCUT2D eigenvalue weighted by molar-refractivity contribution is -0.121. The van der Waals surface area contributed by atoms with Crippen LogP contribution in [0.2, 0.25) is 0 Å². The molecule has 0 bridgehead atoms. The number of nitrogens with one attached hydrogen (secondary N) is 2. The number of anilines is 1. The Morgan fingerprint density at radius 3 is 2.67 bits per heavy atom. The molecule has 1 spiro atoms. The molecule has 2 heterocycles. The molecule has 0 radical (unpaired) electrons. The zero-order chi connectivity index (χ0) is 14.4. The number of carbonyl (C=O) groups excluding carboxylic acids is 1. The third-order valence-corrected chi connectivity index (χ3v) is 5.15. The Morgan fingerprint density at radius 1 is 1.10 bits per heavy atom. The number of halogens is 1. The van der Waals surface area contributed by atoms with E-state index >= 15 is 0 Å². The average Bonchev–Trinajstić information content (AvgIpc) is 3.05. The molecule has 2 aliphatic heterocycles. The van der Waals surface area contributed by atoms with Gasteiger partial charge in [0.1, 0.15) is 0 Å². The largest absolute Gasteiger partial charge is 0.325 e. The van der Waals surface area contributed by atoms with E-state index in [1.54, 1.807) is 0 Å². The van der Waals surface area contributed by atoms with Crippen LogP contribution in [0.3, 0.4) is 0 Å². The van der Waals surface area contributed by atoms with Crippen molar-refractivity contribution >= 4 is 27.5 Å². The second-order valence-electron chi connectivity index (χ2n) is 5.66. The Labute approximate surface area is 131 Å². The van der Waals surface area contributed by atoms with Crippen LogP contribution in [-0.2, 0) is 10.2 Å². The first-order valence-electron chi connectivity index (χ1n) is 7.11. The summed E-state index contributed by atoms with van der Waals surface area (Å²) in [6, 6.07) is 16.3. The summed E-state index contributed by atoms with van der Waals surface area (Å²) in [7, 11) is 0. The van der Waals surface area contributed by atoms with Crippen molar-refractivity contribution in [3.63, 3.8) is 0 Å². The standard InChI is InChI=1S/C17H15BrN2O/c18-12-7-5-11(6-8-12)15-17(9-10-19-15)13-3-1-2-4-14(13)20-16(17)21/h1-8,15,19H,9-10H2,(H,20,21)/t15-,17-/m1/s1. The Bertz CT molecular complexity index is 713. The molecule has 1 fully saturated rings. The van der Waals surface area contributed by atoms with Gasteiger partial charge in [-0.05, 0) is 42.3 Å². The highest BCUT2D eigenvalue weighted by Crippen LogP contribution is 2.50. The predicted octanol–water partition coefficient (Wildman–Crippen LogP) is 3.37. The van der Waals surface area contributed by atoms with E-state index < -0.39 is 5.41 Å². The number of carbonyl (C=O) groups is 1. The van der Waals surface area contributed by atoms with Crippen LogP contribution in [0.25, 0.3) is 0 Å². The van der Waals surface area contributed by atoms with Crippen molar-refractivity contribution in [2.75, 3.05) is 11.9 Å². The van der Waals surface area contributed by atoms with Crippen molar-refractivity contribution in [3.05, 3.63) is 64.1 Å². The van der Waals surface area contributed by atoms with E-state index in [4.69, 9.17) is 0 Å². The summed E-state index contributed by atoms with van der Waals surface area (Å²) in [4.78, 5) is 12.7. The summed E-state index contributed by atoms with van der Waals surface area (Å²) >= 11 is 3.47. The maximum atomic E-state index is 12.7. The second kappa shape index (κ2) is 4.68. The lowest BCUT2D eigenvalue weighted by Crippen LogP contribution is -2.39. The topological polar surface area (TPSA) is 41.1 Å². The van der Waals surface area contributed by atoms with E-state index in [9.17, 15) is 4.79 Å². The van der Waals surface area contributed by atoms with Gasteiger partial charge in [0.2, 0.25) is 5.91 Å². The number of hydrogen-bond acceptors (Lipinski definition) is 2. The maximum Gasteiger partial charge on any atom is 0.237 e. The number of amides is 1. The van der Waals surface area contributed by atoms with Gasteiger partial charge in [0.25, 0.3) is 0 Å². The second-order valence-corrected chi connectivity index (χ2v) is 6.58. The van der Waals surface area contributed by atoms with Crippen LogP contribution < -0.4 is 10.6 Å². The van der Waals surface area contributed by atoms with Crippen molar-refractivity contribution < 1.29 is 4.79 Å². The molecule has 2 atom stereocenters. The highest BCUT2D eigenvalue weighted by atomic mass is 79.9. The van der Waals surface area contributed by atoms with Crippen LogP contribution in [0.5, 0.6) is 0 Å². The molecule has 0 aliphatic carbocycles. The number of benzene rings is 2. The maximum absolute atomic E-state index is 12.7. The number of hydrogen-bond donors (Lipinski definition) is 2. The number of para-hydroxylation sites is 1. The van der Waals surface area contributed by atoms with E-state index in [2.05, 4.69) is 44.8 Å².